The van der Waals surface area contributed by atoms with Gasteiger partial charge in [-0.25, -0.2) is 14.2 Å². The van der Waals surface area contributed by atoms with Gasteiger partial charge in [0.2, 0.25) is 5.69 Å². The number of nitrogens with zero attached hydrogens (tertiary/aromatic N) is 2. The number of hydrogen-bond donors (Lipinski definition) is 2. The average Bonchev–Trinajstić information content (AvgIpc) is 3.48. The molecule has 6 rings (SSSR count). The van der Waals surface area contributed by atoms with Crippen LogP contribution in [0.15, 0.2) is 100 Å². The number of anilines is 1. The minimum Gasteiger partial charge on any atom is -0.397 e. The number of rotatable bonds is 5. The number of carbonyl (C=O) groups excluding carboxylic acids is 1. The van der Waals surface area contributed by atoms with Crippen LogP contribution in [0.5, 0.6) is 0 Å². The van der Waals surface area contributed by atoms with Crippen molar-refractivity contribution in [3.63, 3.8) is 0 Å². The highest BCUT2D eigenvalue weighted by Gasteiger charge is 2.35. The minimum absolute atomic E-state index is 0.141. The van der Waals surface area contributed by atoms with E-state index in [-0.39, 0.29) is 16.3 Å². The third kappa shape index (κ3) is 3.91. The average molecular weight is 510 g/mol. The predicted molar refractivity (Wildman–Crippen MR) is 139 cm³/mol. The van der Waals surface area contributed by atoms with Crippen molar-refractivity contribution >= 4 is 33.0 Å². The second kappa shape index (κ2) is 8.96. The van der Waals surface area contributed by atoms with Crippen LogP contribution < -0.4 is 16.0 Å². The molecule has 9 heteroatoms. The number of aromatic amines is 1. The maximum atomic E-state index is 14.2. The summed E-state index contributed by atoms with van der Waals surface area (Å²) in [5, 5.41) is 3.00. The molecule has 0 saturated heterocycles. The SMILES string of the molecule is Nc1c(C(=O)c2c(=O)o[nH][n+]2-c2ccccc2)sc2nc(-c3ccccc3)cc(-c3cccc(F)c3)c12. The Morgan fingerprint density at radius 1 is 0.946 bits per heavy atom. The lowest BCUT2D eigenvalue weighted by molar-refractivity contribution is -0.672. The lowest BCUT2D eigenvalue weighted by Crippen LogP contribution is -2.41. The van der Waals surface area contributed by atoms with E-state index in [4.69, 9.17) is 15.2 Å². The fraction of sp³-hybridized carbons (Fsp3) is 0. The van der Waals surface area contributed by atoms with Crippen molar-refractivity contribution in [2.45, 2.75) is 0 Å². The molecule has 3 aromatic heterocycles. The van der Waals surface area contributed by atoms with Gasteiger partial charge in [-0.15, -0.1) is 11.3 Å². The molecule has 6 aromatic rings. The summed E-state index contributed by atoms with van der Waals surface area (Å²) in [4.78, 5) is 31.7. The molecule has 0 saturated carbocycles. The Morgan fingerprint density at radius 2 is 1.65 bits per heavy atom. The molecule has 3 aromatic carbocycles. The van der Waals surface area contributed by atoms with Gasteiger partial charge in [0.15, 0.2) is 0 Å². The predicted octanol–water partition coefficient (Wildman–Crippen LogP) is 5.14. The van der Waals surface area contributed by atoms with Crippen LogP contribution in [0.2, 0.25) is 0 Å². The van der Waals surface area contributed by atoms with Crippen LogP contribution >= 0.6 is 11.3 Å². The van der Waals surface area contributed by atoms with Gasteiger partial charge in [0.25, 0.3) is 5.78 Å². The lowest BCUT2D eigenvalue weighted by Gasteiger charge is -2.09. The molecule has 7 nitrogen and oxygen atoms in total. The quantitative estimate of drug-likeness (QED) is 0.247. The Bertz CT molecular complexity index is 1840. The van der Waals surface area contributed by atoms with Gasteiger partial charge in [-0.2, -0.15) is 0 Å². The molecule has 3 N–H and O–H groups in total. The van der Waals surface area contributed by atoms with Crippen LogP contribution in [0.4, 0.5) is 10.1 Å². The van der Waals surface area contributed by atoms with E-state index in [1.165, 1.54) is 16.8 Å². The van der Waals surface area contributed by atoms with Crippen molar-refractivity contribution < 1.29 is 18.4 Å². The Labute approximate surface area is 213 Å². The highest BCUT2D eigenvalue weighted by atomic mass is 32.1. The van der Waals surface area contributed by atoms with Crippen LogP contribution in [0.3, 0.4) is 0 Å². The molecular formula is C28H18FN4O3S+. The molecule has 0 aliphatic rings. The third-order valence-corrected chi connectivity index (χ3v) is 7.08. The first-order valence-electron chi connectivity index (χ1n) is 11.3. The van der Waals surface area contributed by atoms with Gasteiger partial charge in [0.05, 0.1) is 11.4 Å². The molecule has 0 aliphatic carbocycles. The maximum absolute atomic E-state index is 14.2. The number of fused-ring (bicyclic) bond motifs is 1. The number of carbonyl (C=O) groups is 1. The topological polar surface area (TPSA) is 106 Å². The van der Waals surface area contributed by atoms with Crippen molar-refractivity contribution in [1.82, 2.24) is 10.3 Å². The van der Waals surface area contributed by atoms with Crippen LogP contribution in [-0.2, 0) is 0 Å². The summed E-state index contributed by atoms with van der Waals surface area (Å²) in [6.07, 6.45) is 0. The number of H-pyrrole nitrogens is 1. The van der Waals surface area contributed by atoms with Crippen molar-refractivity contribution in [2.24, 2.45) is 0 Å². The molecule has 0 atom stereocenters. The molecule has 0 aliphatic heterocycles. The van der Waals surface area contributed by atoms with Crippen LogP contribution in [0, 0.1) is 5.82 Å². The van der Waals surface area contributed by atoms with E-state index in [0.29, 0.717) is 32.7 Å². The molecule has 3 heterocycles. The number of nitrogens with two attached hydrogens (primary N) is 1. The van der Waals surface area contributed by atoms with E-state index >= 15 is 0 Å². The number of pyridine rings is 1. The molecule has 0 fully saturated rings. The smallest absolute Gasteiger partial charge is 0.397 e. The number of thiophene rings is 1. The first-order chi connectivity index (χ1) is 18.0. The summed E-state index contributed by atoms with van der Waals surface area (Å²) in [6.45, 7) is 0. The van der Waals surface area contributed by atoms with E-state index in [9.17, 15) is 14.0 Å². The number of para-hydroxylation sites is 1. The fourth-order valence-corrected chi connectivity index (χ4v) is 5.32. The molecule has 37 heavy (non-hydrogen) atoms. The normalized spacial score (nSPS) is 11.2. The van der Waals surface area contributed by atoms with Gasteiger partial charge in [-0.1, -0.05) is 60.7 Å². The Kier molecular flexibility index (Phi) is 5.46. The zero-order valence-corrected chi connectivity index (χ0v) is 20.0. The maximum Gasteiger partial charge on any atom is 0.439 e. The fourth-order valence-electron chi connectivity index (χ4n) is 4.26. The first-order valence-corrected chi connectivity index (χ1v) is 12.1. The highest BCUT2D eigenvalue weighted by molar-refractivity contribution is 7.21. The zero-order chi connectivity index (χ0) is 25.5. The second-order valence-corrected chi connectivity index (χ2v) is 9.29. The molecule has 0 bridgehead atoms. The van der Waals surface area contributed by atoms with Crippen molar-refractivity contribution in [1.29, 1.82) is 0 Å². The van der Waals surface area contributed by atoms with Crippen molar-refractivity contribution in [3.05, 3.63) is 118 Å². The number of nitrogens with one attached hydrogen (secondary N) is 1. The summed E-state index contributed by atoms with van der Waals surface area (Å²) in [6, 6.07) is 26.3. The highest BCUT2D eigenvalue weighted by Crippen LogP contribution is 2.42. The van der Waals surface area contributed by atoms with Crippen LogP contribution in [0.1, 0.15) is 15.4 Å². The van der Waals surface area contributed by atoms with E-state index in [1.807, 2.05) is 42.5 Å². The Balaban J connectivity index is 1.59. The van der Waals surface area contributed by atoms with Gasteiger partial charge in [0.1, 0.15) is 15.5 Å². The summed E-state index contributed by atoms with van der Waals surface area (Å²) in [5.74, 6) is -1.01. The van der Waals surface area contributed by atoms with Gasteiger partial charge < -0.3 is 5.73 Å². The van der Waals surface area contributed by atoms with E-state index in [2.05, 4.69) is 5.27 Å². The molecule has 0 amide bonds. The molecule has 0 unspecified atom stereocenters. The van der Waals surface area contributed by atoms with Crippen molar-refractivity contribution in [3.8, 4) is 28.1 Å². The van der Waals surface area contributed by atoms with Gasteiger partial charge >= 0.3 is 11.3 Å². The number of ketones is 1. The monoisotopic (exact) mass is 509 g/mol. The van der Waals surface area contributed by atoms with E-state index in [1.54, 1.807) is 36.4 Å². The number of benzene rings is 3. The summed E-state index contributed by atoms with van der Waals surface area (Å²) < 4.78 is 20.4. The zero-order valence-electron chi connectivity index (χ0n) is 19.1. The number of halogens is 1. The van der Waals surface area contributed by atoms with E-state index < -0.39 is 17.2 Å². The standard InChI is InChI=1S/C28H17FN4O3S/c29-18-11-7-10-17(14-18)20-15-21(16-8-3-1-4-9-16)31-27-22(20)23(30)26(37-27)25(34)24-28(35)36-32-33(24)19-12-5-2-6-13-19/h1-15H,(H2-,30,32,34,35)/p+1. The minimum atomic E-state index is -0.825. The lowest BCUT2D eigenvalue weighted by atomic mass is 9.99. The van der Waals surface area contributed by atoms with Gasteiger partial charge in [-0.05, 0) is 39.3 Å². The Hall–Kier alpha value is -4.89. The van der Waals surface area contributed by atoms with Crippen LogP contribution in [-0.4, -0.2) is 16.0 Å². The number of aromatic nitrogens is 3. The van der Waals surface area contributed by atoms with Gasteiger partial charge in [0, 0.05) is 23.1 Å². The van der Waals surface area contributed by atoms with Crippen molar-refractivity contribution in [2.75, 3.05) is 5.73 Å². The Morgan fingerprint density at radius 3 is 2.38 bits per heavy atom. The largest absolute Gasteiger partial charge is 0.439 e. The number of nitrogen functional groups attached to an aromatic ring is 1. The van der Waals surface area contributed by atoms with Crippen LogP contribution in [0.25, 0.3) is 38.3 Å². The summed E-state index contributed by atoms with van der Waals surface area (Å²) >= 11 is 1.08. The second-order valence-electron chi connectivity index (χ2n) is 8.29. The third-order valence-electron chi connectivity index (χ3n) is 5.99. The number of hydrogen-bond acceptors (Lipinski definition) is 6. The van der Waals surface area contributed by atoms with E-state index in [0.717, 1.165) is 16.9 Å². The molecule has 180 valence electrons. The summed E-state index contributed by atoms with van der Waals surface area (Å²) in [5.41, 5.74) is 8.94. The van der Waals surface area contributed by atoms with Gasteiger partial charge in [-0.3, -0.25) is 9.32 Å². The molecule has 0 radical (unpaired) electrons. The molecule has 0 spiro atoms. The molecular weight excluding hydrogens is 491 g/mol. The summed E-state index contributed by atoms with van der Waals surface area (Å²) in [7, 11) is 0. The first kappa shape index (κ1) is 22.6.